The first-order chi connectivity index (χ1) is 11.5. The first-order valence-electron chi connectivity index (χ1n) is 7.98. The van der Waals surface area contributed by atoms with Gasteiger partial charge in [-0.1, -0.05) is 40.2 Å². The number of fused-ring (bicyclic) bond motifs is 1. The van der Waals surface area contributed by atoms with Gasteiger partial charge in [-0.25, -0.2) is 0 Å². The number of hydrogen-bond acceptors (Lipinski definition) is 4. The molecular formula is C18H18BrNO4. The quantitative estimate of drug-likeness (QED) is 0.586. The number of benzene rings is 1. The van der Waals surface area contributed by atoms with Gasteiger partial charge in [0.2, 0.25) is 5.91 Å². The van der Waals surface area contributed by atoms with Gasteiger partial charge in [0.05, 0.1) is 31.7 Å². The molecule has 2 fully saturated rings. The minimum Gasteiger partial charge on any atom is -0.469 e. The number of carbonyl (C=O) groups is 2. The maximum Gasteiger partial charge on any atom is 0.312 e. The van der Waals surface area contributed by atoms with Crippen LogP contribution in [0.4, 0.5) is 0 Å². The molecule has 0 aromatic heterocycles. The van der Waals surface area contributed by atoms with Gasteiger partial charge in [-0.2, -0.15) is 0 Å². The molecule has 24 heavy (non-hydrogen) atoms. The van der Waals surface area contributed by atoms with Crippen molar-refractivity contribution >= 4 is 27.8 Å². The van der Waals surface area contributed by atoms with Crippen molar-refractivity contribution < 1.29 is 19.1 Å². The number of halogens is 1. The molecule has 1 spiro atoms. The second-order valence-electron chi connectivity index (χ2n) is 6.62. The Morgan fingerprint density at radius 3 is 2.79 bits per heavy atom. The van der Waals surface area contributed by atoms with Crippen LogP contribution < -0.4 is 0 Å². The fourth-order valence-corrected chi connectivity index (χ4v) is 4.45. The highest BCUT2D eigenvalue weighted by Crippen LogP contribution is 2.53. The van der Waals surface area contributed by atoms with E-state index in [9.17, 15) is 9.59 Å². The summed E-state index contributed by atoms with van der Waals surface area (Å²) in [6.07, 6.45) is 3.49. The summed E-state index contributed by atoms with van der Waals surface area (Å²) in [5.41, 5.74) is 0.362. The van der Waals surface area contributed by atoms with Gasteiger partial charge in [0, 0.05) is 4.47 Å². The molecule has 6 heteroatoms. The van der Waals surface area contributed by atoms with Crippen LogP contribution in [0.5, 0.6) is 0 Å². The molecule has 0 radical (unpaired) electrons. The third kappa shape index (κ3) is 2.09. The summed E-state index contributed by atoms with van der Waals surface area (Å²) in [6, 6.07) is 7.84. The van der Waals surface area contributed by atoms with Gasteiger partial charge in [0.1, 0.15) is 11.5 Å². The van der Waals surface area contributed by atoms with E-state index in [1.54, 1.807) is 0 Å². The average Bonchev–Trinajstić information content (AvgIpc) is 3.22. The van der Waals surface area contributed by atoms with E-state index in [-0.39, 0.29) is 24.0 Å². The second-order valence-corrected chi connectivity index (χ2v) is 7.53. The molecule has 0 unspecified atom stereocenters. The summed E-state index contributed by atoms with van der Waals surface area (Å²) in [5.74, 6) is -1.44. The summed E-state index contributed by atoms with van der Waals surface area (Å²) in [4.78, 5) is 27.1. The van der Waals surface area contributed by atoms with Crippen LogP contribution in [-0.4, -0.2) is 42.1 Å². The molecule has 2 bridgehead atoms. The zero-order chi connectivity index (χ0) is 17.1. The molecule has 1 aromatic rings. The number of methoxy groups -OCH3 is 1. The molecular weight excluding hydrogens is 374 g/mol. The van der Waals surface area contributed by atoms with Crippen molar-refractivity contribution in [3.05, 3.63) is 46.5 Å². The molecule has 5 atom stereocenters. The molecule has 4 rings (SSSR count). The first-order valence-corrected chi connectivity index (χ1v) is 8.77. The Labute approximate surface area is 148 Å². The van der Waals surface area contributed by atoms with Gasteiger partial charge in [0.15, 0.2) is 0 Å². The minimum atomic E-state index is -0.690. The zero-order valence-corrected chi connectivity index (χ0v) is 15.0. The number of hydrogen-bond donors (Lipinski definition) is 0. The van der Waals surface area contributed by atoms with Crippen molar-refractivity contribution in [1.82, 2.24) is 4.90 Å². The lowest BCUT2D eigenvalue weighted by Gasteiger charge is -2.27. The largest absolute Gasteiger partial charge is 0.469 e. The molecule has 3 aliphatic rings. The predicted octanol–water partition coefficient (Wildman–Crippen LogP) is 2.47. The van der Waals surface area contributed by atoms with E-state index >= 15 is 0 Å². The molecule has 1 aromatic carbocycles. The van der Waals surface area contributed by atoms with Gasteiger partial charge in [-0.15, -0.1) is 0 Å². The monoisotopic (exact) mass is 391 g/mol. The number of esters is 1. The third-order valence-corrected chi connectivity index (χ3v) is 5.95. The number of carbonyl (C=O) groups excluding carboxylic acids is 2. The number of likely N-dealkylation sites (tertiary alicyclic amines) is 1. The fourth-order valence-electron chi connectivity index (χ4n) is 4.18. The molecule has 3 aliphatic heterocycles. The summed E-state index contributed by atoms with van der Waals surface area (Å²) in [5, 5.41) is 0. The topological polar surface area (TPSA) is 55.8 Å². The number of amides is 1. The Morgan fingerprint density at radius 2 is 2.12 bits per heavy atom. The molecule has 0 aliphatic carbocycles. The normalized spacial score (nSPS) is 34.5. The molecule has 126 valence electrons. The van der Waals surface area contributed by atoms with Crippen LogP contribution in [0.2, 0.25) is 0 Å². The maximum absolute atomic E-state index is 13.1. The predicted molar refractivity (Wildman–Crippen MR) is 90.0 cm³/mol. The van der Waals surface area contributed by atoms with Crippen molar-refractivity contribution in [1.29, 1.82) is 0 Å². The number of ether oxygens (including phenoxy) is 2. The van der Waals surface area contributed by atoms with Crippen LogP contribution in [0.25, 0.3) is 0 Å². The second kappa shape index (κ2) is 5.43. The fraction of sp³-hybridized carbons (Fsp3) is 0.444. The van der Waals surface area contributed by atoms with E-state index in [2.05, 4.69) is 15.9 Å². The highest BCUT2D eigenvalue weighted by Gasteiger charge is 2.67. The first kappa shape index (κ1) is 15.8. The van der Waals surface area contributed by atoms with Crippen LogP contribution in [0.15, 0.2) is 40.9 Å². The Kier molecular flexibility index (Phi) is 3.58. The maximum atomic E-state index is 13.1. The number of rotatable bonds is 3. The highest BCUT2D eigenvalue weighted by atomic mass is 79.9. The van der Waals surface area contributed by atoms with E-state index in [0.29, 0.717) is 6.54 Å². The lowest BCUT2D eigenvalue weighted by molar-refractivity contribution is -0.151. The smallest absolute Gasteiger partial charge is 0.312 e. The van der Waals surface area contributed by atoms with Gasteiger partial charge >= 0.3 is 5.97 Å². The van der Waals surface area contributed by atoms with Gasteiger partial charge in [-0.05, 0) is 24.6 Å². The Hall–Kier alpha value is -1.66. The summed E-state index contributed by atoms with van der Waals surface area (Å²) >= 11 is 3.43. The van der Waals surface area contributed by atoms with E-state index in [1.165, 1.54) is 7.11 Å². The van der Waals surface area contributed by atoms with Gasteiger partial charge < -0.3 is 14.4 Å². The Morgan fingerprint density at radius 1 is 1.42 bits per heavy atom. The van der Waals surface area contributed by atoms with E-state index in [1.807, 2.05) is 48.2 Å². The van der Waals surface area contributed by atoms with Crippen molar-refractivity contribution in [2.24, 2.45) is 11.8 Å². The van der Waals surface area contributed by atoms with E-state index in [0.717, 1.165) is 10.0 Å². The van der Waals surface area contributed by atoms with Crippen LogP contribution in [-0.2, 0) is 19.1 Å². The molecule has 5 nitrogen and oxygen atoms in total. The molecule has 0 saturated carbocycles. The van der Waals surface area contributed by atoms with E-state index in [4.69, 9.17) is 9.47 Å². The van der Waals surface area contributed by atoms with Crippen LogP contribution in [0.1, 0.15) is 18.5 Å². The van der Waals surface area contributed by atoms with Crippen molar-refractivity contribution in [3.8, 4) is 0 Å². The standard InChI is InChI=1S/C18H18BrNO4/c1-10(11-3-5-12(19)6-4-11)20-9-18-8-7-13(24-18)14(17(22)23-2)15(18)16(20)21/h3-8,10,13-15H,9H2,1-2H3/t10-,13-,14-,15+,18+/m0/s1. The molecule has 2 saturated heterocycles. The lowest BCUT2D eigenvalue weighted by atomic mass is 9.77. The average molecular weight is 392 g/mol. The van der Waals surface area contributed by atoms with Crippen LogP contribution >= 0.6 is 15.9 Å². The van der Waals surface area contributed by atoms with Crippen molar-refractivity contribution in [3.63, 3.8) is 0 Å². The van der Waals surface area contributed by atoms with Gasteiger partial charge in [-0.3, -0.25) is 9.59 Å². The third-order valence-electron chi connectivity index (χ3n) is 5.42. The van der Waals surface area contributed by atoms with Crippen LogP contribution in [0.3, 0.4) is 0 Å². The van der Waals surface area contributed by atoms with Crippen molar-refractivity contribution in [2.45, 2.75) is 24.7 Å². The summed E-state index contributed by atoms with van der Waals surface area (Å²) in [6.45, 7) is 2.47. The van der Waals surface area contributed by atoms with E-state index < -0.39 is 17.4 Å². The molecule has 0 N–H and O–H groups in total. The summed E-state index contributed by atoms with van der Waals surface area (Å²) < 4.78 is 11.9. The molecule has 3 heterocycles. The lowest BCUT2D eigenvalue weighted by Crippen LogP contribution is -2.39. The number of nitrogens with zero attached hydrogens (tertiary/aromatic N) is 1. The van der Waals surface area contributed by atoms with Gasteiger partial charge in [0.25, 0.3) is 0 Å². The highest BCUT2D eigenvalue weighted by molar-refractivity contribution is 9.10. The molecule has 1 amide bonds. The zero-order valence-electron chi connectivity index (χ0n) is 13.4. The SMILES string of the molecule is COC(=O)[C@H]1[C@@H]2C=C[C@]3(CN([C@@H](C)c4ccc(Br)cc4)C(=O)[C@@H]13)O2. The summed E-state index contributed by atoms with van der Waals surface area (Å²) in [7, 11) is 1.35. The Bertz CT molecular complexity index is 731. The Balaban J connectivity index is 1.65. The van der Waals surface area contributed by atoms with Crippen molar-refractivity contribution in [2.75, 3.05) is 13.7 Å². The van der Waals surface area contributed by atoms with Crippen LogP contribution in [0, 0.1) is 11.8 Å². The minimum absolute atomic E-state index is 0.0346.